The summed E-state index contributed by atoms with van der Waals surface area (Å²) >= 11 is 0. The van der Waals surface area contributed by atoms with Crippen molar-refractivity contribution in [1.82, 2.24) is 20.9 Å². The van der Waals surface area contributed by atoms with E-state index in [2.05, 4.69) is 16.0 Å². The van der Waals surface area contributed by atoms with E-state index in [4.69, 9.17) is 0 Å². The van der Waals surface area contributed by atoms with Crippen molar-refractivity contribution in [3.63, 3.8) is 0 Å². The Kier molecular flexibility index (Phi) is 3.00. The maximum atomic E-state index is 13.4. The number of rotatable bonds is 1. The molecule has 7 nitrogen and oxygen atoms in total. The van der Waals surface area contributed by atoms with Crippen LogP contribution in [0.2, 0.25) is 0 Å². The molecule has 3 N–H and O–H groups in total. The zero-order valence-corrected chi connectivity index (χ0v) is 11.1. The van der Waals surface area contributed by atoms with Gasteiger partial charge in [0.25, 0.3) is 0 Å². The number of benzene rings is 1. The predicted molar refractivity (Wildman–Crippen MR) is 69.4 cm³/mol. The Hall–Kier alpha value is -2.64. The Morgan fingerprint density at radius 1 is 1.19 bits per heavy atom. The molecule has 0 bridgehead atoms. The summed E-state index contributed by atoms with van der Waals surface area (Å²) in [6.45, 7) is 0. The molecule has 0 aliphatic carbocycles. The van der Waals surface area contributed by atoms with Gasteiger partial charge < -0.3 is 15.5 Å². The molecule has 1 aromatic rings. The number of urea groups is 2. The van der Waals surface area contributed by atoms with Crippen molar-refractivity contribution in [1.29, 1.82) is 0 Å². The van der Waals surface area contributed by atoms with Crippen LogP contribution in [-0.4, -0.2) is 36.1 Å². The van der Waals surface area contributed by atoms with E-state index in [-0.39, 0.29) is 0 Å². The first-order valence-corrected chi connectivity index (χ1v) is 6.37. The number of halogens is 1. The molecule has 110 valence electrons. The molecule has 8 heteroatoms. The lowest BCUT2D eigenvalue weighted by Crippen LogP contribution is -2.71. The standard InChI is InChI=1S/C13H13FN4O3/c1-18-10-8(11(19)17-13(18)21)9(15-12(20)16-10)6-3-2-4-7(14)5-6/h2-5,8-10H,1H3,(H2,15,16,20)(H,17,19,21). The second-order valence-corrected chi connectivity index (χ2v) is 5.03. The van der Waals surface area contributed by atoms with Gasteiger partial charge in [-0.05, 0) is 17.7 Å². The third kappa shape index (κ3) is 2.18. The molecule has 0 aromatic heterocycles. The maximum Gasteiger partial charge on any atom is 0.325 e. The second kappa shape index (κ2) is 4.72. The van der Waals surface area contributed by atoms with Crippen molar-refractivity contribution in [3.05, 3.63) is 35.6 Å². The van der Waals surface area contributed by atoms with Crippen LogP contribution in [0.3, 0.4) is 0 Å². The number of carbonyl (C=O) groups excluding carboxylic acids is 3. The lowest BCUT2D eigenvalue weighted by molar-refractivity contribution is -0.130. The molecule has 2 fully saturated rings. The highest BCUT2D eigenvalue weighted by molar-refractivity contribution is 6.00. The number of carbonyl (C=O) groups is 3. The molecule has 21 heavy (non-hydrogen) atoms. The summed E-state index contributed by atoms with van der Waals surface area (Å²) in [4.78, 5) is 36.7. The van der Waals surface area contributed by atoms with E-state index < -0.39 is 41.9 Å². The molecule has 2 saturated heterocycles. The molecule has 2 aliphatic heterocycles. The Morgan fingerprint density at radius 2 is 1.95 bits per heavy atom. The van der Waals surface area contributed by atoms with Crippen molar-refractivity contribution in [3.8, 4) is 0 Å². The van der Waals surface area contributed by atoms with Crippen LogP contribution in [0.5, 0.6) is 0 Å². The number of fused-ring (bicyclic) bond motifs is 1. The summed E-state index contributed by atoms with van der Waals surface area (Å²) in [5.74, 6) is -1.71. The molecule has 0 saturated carbocycles. The van der Waals surface area contributed by atoms with Crippen molar-refractivity contribution >= 4 is 18.0 Å². The molecule has 1 aromatic carbocycles. The Bertz CT molecular complexity index is 636. The molecule has 2 aliphatic rings. The van der Waals surface area contributed by atoms with Gasteiger partial charge in [0.2, 0.25) is 5.91 Å². The molecule has 0 spiro atoms. The Morgan fingerprint density at radius 3 is 2.67 bits per heavy atom. The average Bonchev–Trinajstić information content (AvgIpc) is 2.44. The third-order valence-electron chi connectivity index (χ3n) is 3.74. The largest absolute Gasteiger partial charge is 0.330 e. The molecule has 5 amide bonds. The quantitative estimate of drug-likeness (QED) is 0.695. The number of nitrogens with zero attached hydrogens (tertiary/aromatic N) is 1. The number of nitrogens with one attached hydrogen (secondary N) is 3. The van der Waals surface area contributed by atoms with Gasteiger partial charge in [0.05, 0.1) is 6.04 Å². The molecular weight excluding hydrogens is 279 g/mol. The van der Waals surface area contributed by atoms with E-state index >= 15 is 0 Å². The van der Waals surface area contributed by atoms with Crippen LogP contribution in [-0.2, 0) is 4.79 Å². The van der Waals surface area contributed by atoms with E-state index in [9.17, 15) is 18.8 Å². The van der Waals surface area contributed by atoms with Crippen LogP contribution in [0.15, 0.2) is 24.3 Å². The van der Waals surface area contributed by atoms with Gasteiger partial charge in [-0.3, -0.25) is 10.1 Å². The number of hydrogen-bond donors (Lipinski definition) is 3. The van der Waals surface area contributed by atoms with Crippen LogP contribution in [0, 0.1) is 11.7 Å². The van der Waals surface area contributed by atoms with Crippen molar-refractivity contribution < 1.29 is 18.8 Å². The Labute approximate surface area is 119 Å². The van der Waals surface area contributed by atoms with E-state index in [0.29, 0.717) is 5.56 Å². The summed E-state index contributed by atoms with van der Waals surface area (Å²) in [6.07, 6.45) is -0.770. The topological polar surface area (TPSA) is 90.5 Å². The first kappa shape index (κ1) is 13.3. The molecule has 3 atom stereocenters. The van der Waals surface area contributed by atoms with Crippen molar-refractivity contribution in [2.75, 3.05) is 7.05 Å². The molecule has 3 rings (SSSR count). The lowest BCUT2D eigenvalue weighted by atomic mass is 9.86. The van der Waals surface area contributed by atoms with Gasteiger partial charge >= 0.3 is 12.1 Å². The molecule has 2 heterocycles. The first-order chi connectivity index (χ1) is 9.97. The van der Waals surface area contributed by atoms with E-state index in [1.807, 2.05) is 0 Å². The fourth-order valence-corrected chi connectivity index (χ4v) is 2.71. The fraction of sp³-hybridized carbons (Fsp3) is 0.308. The highest BCUT2D eigenvalue weighted by Crippen LogP contribution is 2.31. The summed E-state index contributed by atoms with van der Waals surface area (Å²) in [5, 5.41) is 7.37. The average molecular weight is 292 g/mol. The minimum absolute atomic E-state index is 0.461. The van der Waals surface area contributed by atoms with E-state index in [1.54, 1.807) is 6.07 Å². The number of imide groups is 1. The first-order valence-electron chi connectivity index (χ1n) is 6.37. The highest BCUT2D eigenvalue weighted by atomic mass is 19.1. The van der Waals surface area contributed by atoms with Gasteiger partial charge in [-0.25, -0.2) is 14.0 Å². The normalized spacial score (nSPS) is 28.4. The lowest BCUT2D eigenvalue weighted by Gasteiger charge is -2.45. The highest BCUT2D eigenvalue weighted by Gasteiger charge is 2.48. The molecule has 3 unspecified atom stereocenters. The van der Waals surface area contributed by atoms with Gasteiger partial charge in [-0.2, -0.15) is 0 Å². The summed E-state index contributed by atoms with van der Waals surface area (Å²) in [6, 6.07) is 3.86. The number of amides is 5. The van der Waals surface area contributed by atoms with Crippen LogP contribution in [0.1, 0.15) is 11.6 Å². The van der Waals surface area contributed by atoms with Gasteiger partial charge in [-0.1, -0.05) is 12.1 Å². The van der Waals surface area contributed by atoms with Crippen LogP contribution < -0.4 is 16.0 Å². The van der Waals surface area contributed by atoms with Crippen LogP contribution >= 0.6 is 0 Å². The van der Waals surface area contributed by atoms with Gasteiger partial charge in [0.1, 0.15) is 17.9 Å². The van der Waals surface area contributed by atoms with Gasteiger partial charge in [0, 0.05) is 7.05 Å². The van der Waals surface area contributed by atoms with Crippen LogP contribution in [0.4, 0.5) is 14.0 Å². The van der Waals surface area contributed by atoms with Crippen LogP contribution in [0.25, 0.3) is 0 Å². The second-order valence-electron chi connectivity index (χ2n) is 5.03. The zero-order valence-electron chi connectivity index (χ0n) is 11.1. The minimum atomic E-state index is -0.770. The SMILES string of the molecule is CN1C(=O)NC(=O)C2C(c3cccc(F)c3)NC(=O)NC21. The Balaban J connectivity index is 2.01. The molecule has 0 radical (unpaired) electrons. The monoisotopic (exact) mass is 292 g/mol. The van der Waals surface area contributed by atoms with Gasteiger partial charge in [-0.15, -0.1) is 0 Å². The third-order valence-corrected chi connectivity index (χ3v) is 3.74. The van der Waals surface area contributed by atoms with Crippen molar-refractivity contribution in [2.45, 2.75) is 12.2 Å². The van der Waals surface area contributed by atoms with Crippen molar-refractivity contribution in [2.24, 2.45) is 5.92 Å². The van der Waals surface area contributed by atoms with E-state index in [1.165, 1.54) is 30.1 Å². The predicted octanol–water partition coefficient (Wildman–Crippen LogP) is 0.303. The molecular formula is C13H13FN4O3. The summed E-state index contributed by atoms with van der Waals surface area (Å²) in [5.41, 5.74) is 0.470. The van der Waals surface area contributed by atoms with Gasteiger partial charge in [0.15, 0.2) is 0 Å². The minimum Gasteiger partial charge on any atom is -0.330 e. The zero-order chi connectivity index (χ0) is 15.1. The smallest absolute Gasteiger partial charge is 0.325 e. The van der Waals surface area contributed by atoms with E-state index in [0.717, 1.165) is 0 Å². The summed E-state index contributed by atoms with van der Waals surface area (Å²) in [7, 11) is 1.48. The fourth-order valence-electron chi connectivity index (χ4n) is 2.71. The maximum absolute atomic E-state index is 13.4. The number of hydrogen-bond acceptors (Lipinski definition) is 3. The summed E-state index contributed by atoms with van der Waals surface area (Å²) < 4.78 is 13.4.